The molecule has 10 heteroatoms. The maximum absolute atomic E-state index is 15.1. The van der Waals surface area contributed by atoms with Crippen LogP contribution in [0.1, 0.15) is 40.0 Å². The van der Waals surface area contributed by atoms with Crippen LogP contribution in [-0.4, -0.2) is 38.6 Å². The SMILES string of the molecule is Cc1noc([C@H]2[C@H](c3ccc(Br)cc3)[C@H]3CSCN3[C@]23C(=O)N(Cc2ccccc2)c2ccccc23)c1[N+](=O)[O-]. The van der Waals surface area contributed by atoms with Crippen LogP contribution in [0.15, 0.2) is 87.9 Å². The monoisotopic (exact) mass is 616 g/mol. The zero-order chi connectivity index (χ0) is 27.6. The van der Waals surface area contributed by atoms with Crippen molar-refractivity contribution in [3.63, 3.8) is 0 Å². The molecule has 202 valence electrons. The van der Waals surface area contributed by atoms with Gasteiger partial charge in [0.05, 0.1) is 17.4 Å². The molecule has 3 aliphatic heterocycles. The van der Waals surface area contributed by atoms with Crippen LogP contribution in [0.3, 0.4) is 0 Å². The summed E-state index contributed by atoms with van der Waals surface area (Å²) in [5.41, 5.74) is 2.59. The topological polar surface area (TPSA) is 92.7 Å². The summed E-state index contributed by atoms with van der Waals surface area (Å²) in [6.07, 6.45) is 0. The molecule has 0 radical (unpaired) electrons. The van der Waals surface area contributed by atoms with E-state index in [2.05, 4.69) is 26.0 Å². The van der Waals surface area contributed by atoms with E-state index in [1.807, 2.05) is 83.8 Å². The molecule has 4 atom stereocenters. The van der Waals surface area contributed by atoms with Gasteiger partial charge < -0.3 is 9.42 Å². The van der Waals surface area contributed by atoms with E-state index in [-0.39, 0.29) is 35.0 Å². The molecule has 7 rings (SSSR count). The quantitative estimate of drug-likeness (QED) is 0.190. The lowest BCUT2D eigenvalue weighted by atomic mass is 9.71. The number of benzene rings is 3. The Kier molecular flexibility index (Phi) is 6.10. The Morgan fingerprint density at radius 1 is 1.10 bits per heavy atom. The van der Waals surface area contributed by atoms with Crippen LogP contribution in [-0.2, 0) is 16.9 Å². The van der Waals surface area contributed by atoms with Crippen molar-refractivity contribution >= 4 is 45.0 Å². The van der Waals surface area contributed by atoms with Gasteiger partial charge in [0.2, 0.25) is 5.76 Å². The van der Waals surface area contributed by atoms with Gasteiger partial charge in [-0.15, -0.1) is 11.8 Å². The molecule has 1 aromatic heterocycles. The number of hydrogen-bond donors (Lipinski definition) is 0. The molecular weight excluding hydrogens is 592 g/mol. The Hall–Kier alpha value is -3.47. The highest BCUT2D eigenvalue weighted by molar-refractivity contribution is 9.10. The molecule has 0 bridgehead atoms. The fourth-order valence-electron chi connectivity index (χ4n) is 7.00. The second kappa shape index (κ2) is 9.57. The molecule has 8 nitrogen and oxygen atoms in total. The van der Waals surface area contributed by atoms with Crippen molar-refractivity contribution in [1.82, 2.24) is 10.1 Å². The molecule has 3 aromatic carbocycles. The fourth-order valence-corrected chi connectivity index (χ4v) is 8.59. The van der Waals surface area contributed by atoms with E-state index in [1.165, 1.54) is 0 Å². The van der Waals surface area contributed by atoms with Crippen LogP contribution in [0.25, 0.3) is 0 Å². The highest BCUT2D eigenvalue weighted by Crippen LogP contribution is 2.66. The van der Waals surface area contributed by atoms with Gasteiger partial charge in [-0.05, 0) is 36.2 Å². The first-order chi connectivity index (χ1) is 19.4. The van der Waals surface area contributed by atoms with Gasteiger partial charge in [-0.25, -0.2) is 0 Å². The number of nitrogens with zero attached hydrogens (tertiary/aromatic N) is 4. The second-order valence-corrected chi connectivity index (χ2v) is 12.4. The number of nitro groups is 1. The summed E-state index contributed by atoms with van der Waals surface area (Å²) < 4.78 is 6.82. The normalized spacial score (nSPS) is 25.5. The number of hydrogen-bond acceptors (Lipinski definition) is 7. The van der Waals surface area contributed by atoms with E-state index in [0.29, 0.717) is 12.4 Å². The summed E-state index contributed by atoms with van der Waals surface area (Å²) in [7, 11) is 0. The van der Waals surface area contributed by atoms with Crippen LogP contribution in [0.4, 0.5) is 11.4 Å². The van der Waals surface area contributed by atoms with Crippen LogP contribution in [0.5, 0.6) is 0 Å². The smallest absolute Gasteiger partial charge is 0.334 e. The number of carbonyl (C=O) groups excluding carboxylic acids is 1. The van der Waals surface area contributed by atoms with Crippen LogP contribution in [0, 0.1) is 17.0 Å². The number of aryl methyl sites for hydroxylation is 1. The molecule has 1 spiro atoms. The van der Waals surface area contributed by atoms with Crippen molar-refractivity contribution in [2.75, 3.05) is 16.5 Å². The fraction of sp³-hybridized carbons (Fsp3) is 0.267. The Labute approximate surface area is 243 Å². The first-order valence-corrected chi connectivity index (χ1v) is 15.0. The number of fused-ring (bicyclic) bond motifs is 4. The molecule has 0 unspecified atom stereocenters. The average Bonchev–Trinajstić information content (AvgIpc) is 3.70. The Balaban J connectivity index is 1.50. The maximum atomic E-state index is 15.1. The number of thioether (sulfide) groups is 1. The largest absolute Gasteiger partial charge is 0.353 e. The molecule has 2 fully saturated rings. The molecule has 40 heavy (non-hydrogen) atoms. The summed E-state index contributed by atoms with van der Waals surface area (Å²) in [5, 5.41) is 16.5. The van der Waals surface area contributed by atoms with Crippen molar-refractivity contribution in [3.8, 4) is 0 Å². The predicted molar refractivity (Wildman–Crippen MR) is 156 cm³/mol. The molecule has 3 aliphatic rings. The summed E-state index contributed by atoms with van der Waals surface area (Å²) in [6, 6.07) is 25.8. The third-order valence-corrected chi connectivity index (χ3v) is 10.1. The van der Waals surface area contributed by atoms with E-state index < -0.39 is 16.4 Å². The maximum Gasteiger partial charge on any atom is 0.334 e. The van der Waals surface area contributed by atoms with E-state index in [0.717, 1.165) is 32.6 Å². The summed E-state index contributed by atoms with van der Waals surface area (Å²) in [4.78, 5) is 31.2. The van der Waals surface area contributed by atoms with Gasteiger partial charge in [0.15, 0.2) is 5.69 Å². The Morgan fingerprint density at radius 2 is 1.82 bits per heavy atom. The lowest BCUT2D eigenvalue weighted by Gasteiger charge is -2.36. The van der Waals surface area contributed by atoms with Crippen LogP contribution >= 0.6 is 27.7 Å². The minimum atomic E-state index is -1.19. The van der Waals surface area contributed by atoms with Gasteiger partial charge in [-0.3, -0.25) is 19.8 Å². The van der Waals surface area contributed by atoms with Crippen molar-refractivity contribution in [2.24, 2.45) is 0 Å². The molecule has 0 aliphatic carbocycles. The van der Waals surface area contributed by atoms with Crippen LogP contribution < -0.4 is 4.90 Å². The number of amides is 1. The molecule has 0 N–H and O–H groups in total. The van der Waals surface area contributed by atoms with Crippen molar-refractivity contribution < 1.29 is 14.2 Å². The van der Waals surface area contributed by atoms with E-state index in [9.17, 15) is 10.1 Å². The Morgan fingerprint density at radius 3 is 2.58 bits per heavy atom. The number of carbonyl (C=O) groups is 1. The number of halogens is 1. The van der Waals surface area contributed by atoms with Crippen molar-refractivity contribution in [1.29, 1.82) is 0 Å². The highest BCUT2D eigenvalue weighted by Gasteiger charge is 2.71. The van der Waals surface area contributed by atoms with E-state index in [1.54, 1.807) is 18.7 Å². The van der Waals surface area contributed by atoms with Gasteiger partial charge >= 0.3 is 5.69 Å². The first kappa shape index (κ1) is 25.5. The number of rotatable bonds is 5. The molecule has 1 amide bonds. The summed E-state index contributed by atoms with van der Waals surface area (Å²) in [6.45, 7) is 1.99. The molecule has 0 saturated carbocycles. The van der Waals surface area contributed by atoms with Crippen LogP contribution in [0.2, 0.25) is 0 Å². The van der Waals surface area contributed by atoms with Gasteiger partial charge in [0, 0.05) is 39.3 Å². The Bertz CT molecular complexity index is 1630. The minimum absolute atomic E-state index is 0.0325. The van der Waals surface area contributed by atoms with Gasteiger partial charge in [-0.2, -0.15) is 0 Å². The second-order valence-electron chi connectivity index (χ2n) is 10.5. The molecule has 2 saturated heterocycles. The minimum Gasteiger partial charge on any atom is -0.353 e. The van der Waals surface area contributed by atoms with Crippen molar-refractivity contribution in [2.45, 2.75) is 36.9 Å². The predicted octanol–water partition coefficient (Wildman–Crippen LogP) is 6.35. The number of para-hydroxylation sites is 1. The molecule has 4 aromatic rings. The van der Waals surface area contributed by atoms with E-state index >= 15 is 4.79 Å². The zero-order valence-corrected chi connectivity index (χ0v) is 24.0. The summed E-state index contributed by atoms with van der Waals surface area (Å²) in [5.74, 6) is 0.624. The van der Waals surface area contributed by atoms with Gasteiger partial charge in [0.25, 0.3) is 5.91 Å². The molecule has 4 heterocycles. The van der Waals surface area contributed by atoms with Crippen molar-refractivity contribution in [3.05, 3.63) is 122 Å². The molecular formula is C30H25BrN4O4S. The number of aromatic nitrogens is 1. The summed E-state index contributed by atoms with van der Waals surface area (Å²) >= 11 is 5.33. The van der Waals surface area contributed by atoms with E-state index in [4.69, 9.17) is 4.52 Å². The zero-order valence-electron chi connectivity index (χ0n) is 21.6. The average molecular weight is 618 g/mol. The van der Waals surface area contributed by atoms with Gasteiger partial charge in [-0.1, -0.05) is 81.8 Å². The lowest BCUT2D eigenvalue weighted by molar-refractivity contribution is -0.386. The standard InChI is InChI=1S/C30H25BrN4O4S/c1-18-27(35(37)38)28(39-32-18)26-25(20-11-13-21(31)14-12-20)24-16-40-17-34(24)30(26)22-9-5-6-10-23(22)33(29(30)36)15-19-7-3-2-4-8-19/h2-14,24-26H,15-17H2,1H3/t24-,25-,26-,30+/m1/s1. The highest BCUT2D eigenvalue weighted by atomic mass is 79.9. The first-order valence-electron chi connectivity index (χ1n) is 13.1. The van der Waals surface area contributed by atoms with Gasteiger partial charge in [0.1, 0.15) is 5.54 Å². The third kappa shape index (κ3) is 3.55. The number of anilines is 1. The third-order valence-electron chi connectivity index (χ3n) is 8.53. The lowest BCUT2D eigenvalue weighted by Crippen LogP contribution is -2.52.